The van der Waals surface area contributed by atoms with Crippen molar-refractivity contribution in [3.05, 3.63) is 100 Å². The standard InChI is InChI=1S/C34H35F4N5O/c1-22-17-23(19-25(35)18-22)20-29(40-31(44)21-43-30-9-3-2-7-28(30)33(41-43)34(36,37)38)32-27(8-6-14-39-32)24-10-12-26(13-11-24)42-15-4-5-16-42/h6,8,10-14,17-19,29H,2-5,7,9,15-16,20-21H2,1H3,(H,40,44)/t29-/m0/s1. The molecule has 0 spiro atoms. The highest BCUT2D eigenvalue weighted by molar-refractivity contribution is 5.77. The summed E-state index contributed by atoms with van der Waals surface area (Å²) < 4.78 is 56.9. The maximum absolute atomic E-state index is 14.4. The van der Waals surface area contributed by atoms with E-state index in [1.54, 1.807) is 13.1 Å². The molecule has 6 nitrogen and oxygen atoms in total. The van der Waals surface area contributed by atoms with E-state index in [9.17, 15) is 22.4 Å². The number of alkyl halides is 3. The van der Waals surface area contributed by atoms with E-state index >= 15 is 0 Å². The summed E-state index contributed by atoms with van der Waals surface area (Å²) in [7, 11) is 0. The largest absolute Gasteiger partial charge is 0.435 e. The van der Waals surface area contributed by atoms with E-state index < -0.39 is 23.8 Å². The van der Waals surface area contributed by atoms with Crippen LogP contribution in [-0.4, -0.2) is 33.8 Å². The summed E-state index contributed by atoms with van der Waals surface area (Å²) in [5, 5.41) is 6.87. The van der Waals surface area contributed by atoms with Crippen LogP contribution >= 0.6 is 0 Å². The molecule has 1 amide bonds. The molecule has 0 saturated carbocycles. The smallest absolute Gasteiger partial charge is 0.372 e. The van der Waals surface area contributed by atoms with E-state index in [1.807, 2.05) is 30.3 Å². The highest BCUT2D eigenvalue weighted by Crippen LogP contribution is 2.36. The Morgan fingerprint density at radius 3 is 2.48 bits per heavy atom. The summed E-state index contributed by atoms with van der Waals surface area (Å²) in [5.41, 5.74) is 4.64. The van der Waals surface area contributed by atoms with Crippen molar-refractivity contribution in [2.24, 2.45) is 0 Å². The maximum Gasteiger partial charge on any atom is 0.435 e. The second-order valence-corrected chi connectivity index (χ2v) is 11.8. The second-order valence-electron chi connectivity index (χ2n) is 11.8. The predicted molar refractivity (Wildman–Crippen MR) is 161 cm³/mol. The molecule has 230 valence electrons. The van der Waals surface area contributed by atoms with E-state index in [0.717, 1.165) is 41.9 Å². The summed E-state index contributed by atoms with van der Waals surface area (Å²) in [4.78, 5) is 20.6. The molecule has 2 aliphatic rings. The highest BCUT2D eigenvalue weighted by Gasteiger charge is 2.39. The molecule has 44 heavy (non-hydrogen) atoms. The lowest BCUT2D eigenvalue weighted by molar-refractivity contribution is -0.142. The Balaban J connectivity index is 1.32. The molecule has 1 aliphatic carbocycles. The van der Waals surface area contributed by atoms with E-state index in [0.29, 0.717) is 36.2 Å². The molecule has 6 rings (SSSR count). The van der Waals surface area contributed by atoms with Gasteiger partial charge >= 0.3 is 6.18 Å². The van der Waals surface area contributed by atoms with Gasteiger partial charge in [-0.25, -0.2) is 4.39 Å². The van der Waals surface area contributed by atoms with Gasteiger partial charge in [0.2, 0.25) is 5.91 Å². The first-order valence-electron chi connectivity index (χ1n) is 15.2. The number of aromatic nitrogens is 3. The molecule has 4 aromatic rings. The van der Waals surface area contributed by atoms with Crippen LogP contribution in [0.3, 0.4) is 0 Å². The minimum Gasteiger partial charge on any atom is -0.372 e. The van der Waals surface area contributed by atoms with Crippen LogP contribution in [0.2, 0.25) is 0 Å². The lowest BCUT2D eigenvalue weighted by atomic mass is 9.94. The van der Waals surface area contributed by atoms with Crippen molar-refractivity contribution in [3.8, 4) is 11.1 Å². The minimum atomic E-state index is -4.59. The number of rotatable bonds is 8. The second kappa shape index (κ2) is 12.4. The van der Waals surface area contributed by atoms with Gasteiger partial charge in [0.25, 0.3) is 0 Å². The number of nitrogens with zero attached hydrogens (tertiary/aromatic N) is 4. The number of hydrogen-bond acceptors (Lipinski definition) is 4. The molecule has 0 unspecified atom stereocenters. The molecule has 2 aromatic heterocycles. The number of hydrogen-bond donors (Lipinski definition) is 1. The van der Waals surface area contributed by atoms with Crippen LogP contribution in [0.25, 0.3) is 11.1 Å². The summed E-state index contributed by atoms with van der Waals surface area (Å²) in [5.74, 6) is -0.875. The fourth-order valence-electron chi connectivity index (χ4n) is 6.55. The van der Waals surface area contributed by atoms with E-state index in [2.05, 4.69) is 32.4 Å². The fraction of sp³-hybridized carbons (Fsp3) is 0.382. The summed E-state index contributed by atoms with van der Waals surface area (Å²) in [6.07, 6.45) is 1.78. The van der Waals surface area contributed by atoms with Gasteiger partial charge in [0.1, 0.15) is 12.4 Å². The molecule has 1 saturated heterocycles. The Kier molecular flexibility index (Phi) is 8.42. The minimum absolute atomic E-state index is 0.188. The summed E-state index contributed by atoms with van der Waals surface area (Å²) in [6, 6.07) is 16.0. The lowest BCUT2D eigenvalue weighted by Gasteiger charge is -2.23. The SMILES string of the molecule is Cc1cc(F)cc(C[C@H](NC(=O)Cn2nc(C(F)(F)F)c3c2CCCC3)c2ncccc2-c2ccc(N3CCCC3)cc2)c1. The van der Waals surface area contributed by atoms with Crippen LogP contribution in [0.1, 0.15) is 65.5 Å². The van der Waals surface area contributed by atoms with Gasteiger partial charge in [-0.1, -0.05) is 24.3 Å². The zero-order chi connectivity index (χ0) is 30.8. The molecule has 1 fully saturated rings. The zero-order valence-electron chi connectivity index (χ0n) is 24.6. The van der Waals surface area contributed by atoms with Crippen molar-refractivity contribution in [3.63, 3.8) is 0 Å². The number of nitrogens with one attached hydrogen (secondary N) is 1. The van der Waals surface area contributed by atoms with Crippen molar-refractivity contribution in [2.45, 2.75) is 70.6 Å². The van der Waals surface area contributed by atoms with E-state index in [-0.39, 0.29) is 24.3 Å². The van der Waals surface area contributed by atoms with Crippen LogP contribution in [0.4, 0.5) is 23.2 Å². The first-order chi connectivity index (χ1) is 21.2. The van der Waals surface area contributed by atoms with Gasteiger partial charge in [-0.05, 0) is 98.9 Å². The van der Waals surface area contributed by atoms with Gasteiger partial charge in [-0.3, -0.25) is 14.5 Å². The van der Waals surface area contributed by atoms with Crippen molar-refractivity contribution in [1.82, 2.24) is 20.1 Å². The topological polar surface area (TPSA) is 63.1 Å². The maximum atomic E-state index is 14.4. The third-order valence-corrected chi connectivity index (χ3v) is 8.51. The molecule has 0 bridgehead atoms. The number of anilines is 1. The van der Waals surface area contributed by atoms with Crippen LogP contribution in [0, 0.1) is 12.7 Å². The fourth-order valence-corrected chi connectivity index (χ4v) is 6.55. The number of benzene rings is 2. The van der Waals surface area contributed by atoms with Crippen molar-refractivity contribution < 1.29 is 22.4 Å². The highest BCUT2D eigenvalue weighted by atomic mass is 19.4. The predicted octanol–water partition coefficient (Wildman–Crippen LogP) is 6.99. The number of amides is 1. The van der Waals surface area contributed by atoms with E-state index in [1.165, 1.54) is 29.7 Å². The monoisotopic (exact) mass is 605 g/mol. The summed E-state index contributed by atoms with van der Waals surface area (Å²) in [6.45, 7) is 3.50. The molecule has 1 aliphatic heterocycles. The molecule has 1 N–H and O–H groups in total. The van der Waals surface area contributed by atoms with Crippen LogP contribution < -0.4 is 10.2 Å². The first-order valence-corrected chi connectivity index (χ1v) is 15.2. The Bertz CT molecular complexity index is 1620. The Morgan fingerprint density at radius 2 is 1.75 bits per heavy atom. The Labute approximate surface area is 254 Å². The Hall–Kier alpha value is -4.21. The quantitative estimate of drug-likeness (QED) is 0.220. The van der Waals surface area contributed by atoms with Gasteiger partial charge in [0.05, 0.1) is 11.7 Å². The molecular weight excluding hydrogens is 570 g/mol. The van der Waals surface area contributed by atoms with E-state index in [4.69, 9.17) is 0 Å². The van der Waals surface area contributed by atoms with Crippen molar-refractivity contribution in [2.75, 3.05) is 18.0 Å². The van der Waals surface area contributed by atoms with Crippen molar-refractivity contribution >= 4 is 11.6 Å². The number of carbonyl (C=O) groups excluding carboxylic acids is 1. The van der Waals surface area contributed by atoms with Gasteiger partial charge in [0.15, 0.2) is 5.69 Å². The van der Waals surface area contributed by atoms with Crippen LogP contribution in [-0.2, 0) is 36.8 Å². The number of halogens is 4. The van der Waals surface area contributed by atoms with Gasteiger partial charge in [0, 0.05) is 41.8 Å². The molecule has 3 heterocycles. The first kappa shape index (κ1) is 29.8. The molecule has 1 atom stereocenters. The lowest BCUT2D eigenvalue weighted by Crippen LogP contribution is -2.34. The number of carbonyl (C=O) groups is 1. The van der Waals surface area contributed by atoms with Gasteiger partial charge in [-0.2, -0.15) is 18.3 Å². The Morgan fingerprint density at radius 1 is 1.00 bits per heavy atom. The number of pyridine rings is 1. The third kappa shape index (κ3) is 6.49. The molecule has 2 aromatic carbocycles. The van der Waals surface area contributed by atoms with Crippen LogP contribution in [0.15, 0.2) is 60.8 Å². The number of aryl methyl sites for hydroxylation is 1. The normalized spacial score (nSPS) is 15.7. The molecular formula is C34H35F4N5O. The van der Waals surface area contributed by atoms with Gasteiger partial charge < -0.3 is 10.2 Å². The number of fused-ring (bicyclic) bond motifs is 1. The van der Waals surface area contributed by atoms with Gasteiger partial charge in [-0.15, -0.1) is 0 Å². The zero-order valence-corrected chi connectivity index (χ0v) is 24.6. The van der Waals surface area contributed by atoms with Crippen LogP contribution in [0.5, 0.6) is 0 Å². The summed E-state index contributed by atoms with van der Waals surface area (Å²) >= 11 is 0. The molecule has 0 radical (unpaired) electrons. The third-order valence-electron chi connectivity index (χ3n) is 8.51. The average Bonchev–Trinajstić information content (AvgIpc) is 3.66. The molecule has 10 heteroatoms. The average molecular weight is 606 g/mol. The van der Waals surface area contributed by atoms with Crippen molar-refractivity contribution in [1.29, 1.82) is 0 Å².